The van der Waals surface area contributed by atoms with Gasteiger partial charge in [0, 0.05) is 18.9 Å². The van der Waals surface area contributed by atoms with Crippen LogP contribution in [0.1, 0.15) is 26.3 Å². The van der Waals surface area contributed by atoms with Crippen molar-refractivity contribution in [2.45, 2.75) is 27.2 Å². The molecule has 4 nitrogen and oxygen atoms in total. The van der Waals surface area contributed by atoms with Crippen LogP contribution in [0.25, 0.3) is 0 Å². The molecule has 0 spiro atoms. The molecule has 1 N–H and O–H groups in total. The van der Waals surface area contributed by atoms with Gasteiger partial charge in [-0.3, -0.25) is 4.79 Å². The highest BCUT2D eigenvalue weighted by molar-refractivity contribution is 7.41. The second-order valence-corrected chi connectivity index (χ2v) is 5.84. The first-order valence-electron chi connectivity index (χ1n) is 6.27. The van der Waals surface area contributed by atoms with Gasteiger partial charge in [-0.2, -0.15) is 0 Å². The lowest BCUT2D eigenvalue weighted by molar-refractivity contribution is -0.125. The fourth-order valence-corrected chi connectivity index (χ4v) is 2.21. The molecule has 0 heterocycles. The highest BCUT2D eigenvalue weighted by Crippen LogP contribution is 2.33. The Labute approximate surface area is 115 Å². The molecular weight excluding hydrogens is 263 g/mol. The van der Waals surface area contributed by atoms with E-state index in [0.29, 0.717) is 5.75 Å². The van der Waals surface area contributed by atoms with E-state index < -0.39 is 8.60 Å². The van der Waals surface area contributed by atoms with Crippen molar-refractivity contribution in [1.82, 2.24) is 0 Å². The van der Waals surface area contributed by atoms with Gasteiger partial charge < -0.3 is 13.9 Å². The topological polar surface area (TPSA) is 55.8 Å². The van der Waals surface area contributed by atoms with Gasteiger partial charge in [-0.05, 0) is 24.1 Å². The summed E-state index contributed by atoms with van der Waals surface area (Å²) in [6.07, 6.45) is 0.718. The van der Waals surface area contributed by atoms with Crippen LogP contribution >= 0.6 is 8.60 Å². The van der Waals surface area contributed by atoms with Crippen molar-refractivity contribution >= 4 is 14.4 Å². The van der Waals surface area contributed by atoms with E-state index in [1.807, 2.05) is 32.9 Å². The van der Waals surface area contributed by atoms with Crippen LogP contribution in [0.3, 0.4) is 0 Å². The van der Waals surface area contributed by atoms with Crippen molar-refractivity contribution in [3.63, 3.8) is 0 Å². The largest absolute Gasteiger partial charge is 0.427 e. The molecule has 19 heavy (non-hydrogen) atoms. The van der Waals surface area contributed by atoms with Gasteiger partial charge in [-0.25, -0.2) is 0 Å². The molecular formula is C14H21O4P. The standard InChI is InChI=1S/C14H21O4P/c1-10(2)14(15)11(3)9-12-5-7-13(8-6-12)18-19(16)17-4/h5-8,10-11,16H,9H2,1-4H3. The fourth-order valence-electron chi connectivity index (χ4n) is 1.84. The van der Waals surface area contributed by atoms with E-state index in [-0.39, 0.29) is 17.6 Å². The molecule has 0 radical (unpaired) electrons. The van der Waals surface area contributed by atoms with Crippen LogP contribution in [0.2, 0.25) is 0 Å². The molecule has 2 unspecified atom stereocenters. The molecule has 0 saturated heterocycles. The number of hydrogen-bond donors (Lipinski definition) is 1. The SMILES string of the molecule is COP(O)Oc1ccc(CC(C)C(=O)C(C)C)cc1. The lowest BCUT2D eigenvalue weighted by Crippen LogP contribution is -2.18. The zero-order valence-electron chi connectivity index (χ0n) is 11.8. The summed E-state index contributed by atoms with van der Waals surface area (Å²) in [4.78, 5) is 21.1. The maximum Gasteiger partial charge on any atom is 0.394 e. The number of carbonyl (C=O) groups excluding carboxylic acids is 1. The summed E-state index contributed by atoms with van der Waals surface area (Å²) in [6, 6.07) is 7.34. The number of ketones is 1. The van der Waals surface area contributed by atoms with Gasteiger partial charge in [0.1, 0.15) is 11.5 Å². The second kappa shape index (κ2) is 7.59. The predicted molar refractivity (Wildman–Crippen MR) is 75.9 cm³/mol. The van der Waals surface area contributed by atoms with Crippen molar-refractivity contribution in [1.29, 1.82) is 0 Å². The van der Waals surface area contributed by atoms with E-state index in [1.54, 1.807) is 12.1 Å². The van der Waals surface area contributed by atoms with Crippen LogP contribution in [0, 0.1) is 11.8 Å². The van der Waals surface area contributed by atoms with E-state index in [1.165, 1.54) is 7.11 Å². The van der Waals surface area contributed by atoms with Crippen molar-refractivity contribution < 1.29 is 18.7 Å². The molecule has 0 aromatic heterocycles. The molecule has 2 atom stereocenters. The van der Waals surface area contributed by atoms with E-state index in [9.17, 15) is 9.69 Å². The van der Waals surface area contributed by atoms with Gasteiger partial charge in [0.05, 0.1) is 0 Å². The monoisotopic (exact) mass is 284 g/mol. The molecule has 0 aliphatic carbocycles. The van der Waals surface area contributed by atoms with Gasteiger partial charge in [-0.15, -0.1) is 0 Å². The molecule has 0 amide bonds. The van der Waals surface area contributed by atoms with Gasteiger partial charge in [-0.1, -0.05) is 32.9 Å². The Morgan fingerprint density at radius 3 is 2.32 bits per heavy atom. The summed E-state index contributed by atoms with van der Waals surface area (Å²) in [5.41, 5.74) is 1.08. The van der Waals surface area contributed by atoms with Gasteiger partial charge in [0.25, 0.3) is 0 Å². The summed E-state index contributed by atoms with van der Waals surface area (Å²) in [7, 11) is -0.466. The normalized spacial score (nSPS) is 14.2. The maximum absolute atomic E-state index is 11.8. The van der Waals surface area contributed by atoms with Crippen LogP contribution in [0.15, 0.2) is 24.3 Å². The molecule has 1 rings (SSSR count). The summed E-state index contributed by atoms with van der Waals surface area (Å²) in [6.45, 7) is 5.79. The molecule has 1 aromatic rings. The Hall–Kier alpha value is -0.960. The number of hydrogen-bond acceptors (Lipinski definition) is 4. The fraction of sp³-hybridized carbons (Fsp3) is 0.500. The molecule has 0 saturated carbocycles. The average Bonchev–Trinajstić information content (AvgIpc) is 2.39. The molecule has 1 aromatic carbocycles. The van der Waals surface area contributed by atoms with Crippen molar-refractivity contribution in [3.05, 3.63) is 29.8 Å². The Morgan fingerprint density at radius 2 is 1.84 bits per heavy atom. The molecule has 5 heteroatoms. The molecule has 0 fully saturated rings. The lowest BCUT2D eigenvalue weighted by atomic mass is 9.91. The maximum atomic E-state index is 11.8. The van der Waals surface area contributed by atoms with E-state index in [0.717, 1.165) is 12.0 Å². The van der Waals surface area contributed by atoms with E-state index >= 15 is 0 Å². The summed E-state index contributed by atoms with van der Waals surface area (Å²) < 4.78 is 9.80. The van der Waals surface area contributed by atoms with Crippen LogP contribution < -0.4 is 4.52 Å². The predicted octanol–water partition coefficient (Wildman–Crippen LogP) is 3.33. The first kappa shape index (κ1) is 16.1. The smallest absolute Gasteiger partial charge is 0.394 e. The van der Waals surface area contributed by atoms with Crippen LogP contribution in [0.4, 0.5) is 0 Å². The van der Waals surface area contributed by atoms with Gasteiger partial charge in [0.15, 0.2) is 0 Å². The summed E-state index contributed by atoms with van der Waals surface area (Å²) in [5.74, 6) is 0.915. The van der Waals surface area contributed by atoms with Gasteiger partial charge >= 0.3 is 8.60 Å². The Balaban J connectivity index is 2.59. The number of carbonyl (C=O) groups is 1. The number of rotatable bonds is 7. The van der Waals surface area contributed by atoms with Crippen molar-refractivity contribution in [2.75, 3.05) is 7.11 Å². The number of Topliss-reactive ketones (excluding diaryl/α,β-unsaturated/α-hetero) is 1. The molecule has 0 bridgehead atoms. The third kappa shape index (κ3) is 5.27. The first-order valence-corrected chi connectivity index (χ1v) is 7.40. The summed E-state index contributed by atoms with van der Waals surface area (Å²) in [5, 5.41) is 0. The lowest BCUT2D eigenvalue weighted by Gasteiger charge is -2.13. The van der Waals surface area contributed by atoms with Crippen molar-refractivity contribution in [2.24, 2.45) is 11.8 Å². The highest BCUT2D eigenvalue weighted by atomic mass is 31.2. The molecule has 106 valence electrons. The van der Waals surface area contributed by atoms with Crippen LogP contribution in [-0.4, -0.2) is 17.8 Å². The Kier molecular flexibility index (Phi) is 6.43. The van der Waals surface area contributed by atoms with E-state index in [4.69, 9.17) is 4.52 Å². The summed E-state index contributed by atoms with van der Waals surface area (Å²) >= 11 is 0. The third-order valence-electron chi connectivity index (χ3n) is 2.86. The van der Waals surface area contributed by atoms with Gasteiger partial charge in [0.2, 0.25) is 0 Å². The first-order chi connectivity index (χ1) is 8.93. The Morgan fingerprint density at radius 1 is 1.26 bits per heavy atom. The second-order valence-electron chi connectivity index (χ2n) is 4.82. The minimum absolute atomic E-state index is 0.0145. The third-order valence-corrected chi connectivity index (χ3v) is 3.54. The number of benzene rings is 1. The van der Waals surface area contributed by atoms with E-state index in [2.05, 4.69) is 4.52 Å². The zero-order chi connectivity index (χ0) is 14.4. The molecule has 0 aliphatic rings. The zero-order valence-corrected chi connectivity index (χ0v) is 12.7. The molecule has 0 aliphatic heterocycles. The Bertz CT molecular complexity index is 402. The average molecular weight is 284 g/mol. The minimum Gasteiger partial charge on any atom is -0.427 e. The van der Waals surface area contributed by atoms with Crippen LogP contribution in [0.5, 0.6) is 5.75 Å². The van der Waals surface area contributed by atoms with Crippen LogP contribution in [-0.2, 0) is 15.7 Å². The minimum atomic E-state index is -1.85. The quantitative estimate of drug-likeness (QED) is 0.780. The van der Waals surface area contributed by atoms with Crippen molar-refractivity contribution in [3.8, 4) is 5.75 Å². The highest BCUT2D eigenvalue weighted by Gasteiger charge is 2.16.